The van der Waals surface area contributed by atoms with Crippen molar-refractivity contribution in [2.75, 3.05) is 0 Å². The Bertz CT molecular complexity index is 2860. The molecule has 0 fully saturated rings. The fraction of sp³-hybridized carbons (Fsp3) is 0. The molecule has 0 atom stereocenters. The first-order chi connectivity index (χ1) is 23.3. The van der Waals surface area contributed by atoms with Crippen LogP contribution in [0, 0.1) is 0 Å². The number of para-hydroxylation sites is 3. The molecule has 0 unspecified atom stereocenters. The van der Waals surface area contributed by atoms with Gasteiger partial charge in [-0.2, -0.15) is 0 Å². The van der Waals surface area contributed by atoms with Crippen molar-refractivity contribution in [1.82, 2.24) is 14.1 Å². The van der Waals surface area contributed by atoms with Crippen LogP contribution in [0.2, 0.25) is 0 Å². The minimum Gasteiger partial charge on any atom is -0.461 e. The first-order valence-corrected chi connectivity index (χ1v) is 15.9. The summed E-state index contributed by atoms with van der Waals surface area (Å²) in [5, 5.41) is 10.4. The number of aromatic nitrogens is 3. The van der Waals surface area contributed by atoms with Crippen molar-refractivity contribution >= 4 is 76.1 Å². The lowest BCUT2D eigenvalue weighted by Gasteiger charge is -2.14. The second kappa shape index (κ2) is 10.1. The van der Waals surface area contributed by atoms with E-state index in [1.54, 1.807) is 6.26 Å². The van der Waals surface area contributed by atoms with Crippen molar-refractivity contribution in [3.63, 3.8) is 0 Å². The van der Waals surface area contributed by atoms with Crippen molar-refractivity contribution in [3.05, 3.63) is 164 Å². The largest absolute Gasteiger partial charge is 0.461 e. The van der Waals surface area contributed by atoms with E-state index in [0.717, 1.165) is 54.9 Å². The van der Waals surface area contributed by atoms with E-state index < -0.39 is 0 Å². The van der Waals surface area contributed by atoms with Crippen molar-refractivity contribution < 1.29 is 4.42 Å². The number of pyridine rings is 1. The molecule has 0 N–H and O–H groups in total. The molecule has 4 heteroatoms. The number of benzene rings is 6. The molecule has 0 aliphatic carbocycles. The Morgan fingerprint density at radius 2 is 1.04 bits per heavy atom. The van der Waals surface area contributed by atoms with Gasteiger partial charge in [0.25, 0.3) is 0 Å². The molecule has 4 nitrogen and oxygen atoms in total. The molecule has 10 aromatic rings. The lowest BCUT2D eigenvalue weighted by Crippen LogP contribution is -1.97. The van der Waals surface area contributed by atoms with Gasteiger partial charge in [0.1, 0.15) is 6.26 Å². The average molecular weight is 602 g/mol. The van der Waals surface area contributed by atoms with Crippen LogP contribution in [0.3, 0.4) is 0 Å². The molecule has 3 heterocycles. The molecule has 7 aromatic carbocycles. The molecule has 47 heavy (non-hydrogen) atoms. The summed E-state index contributed by atoms with van der Waals surface area (Å²) >= 11 is 0. The molecule has 0 saturated carbocycles. The second-order valence-corrected chi connectivity index (χ2v) is 12.0. The highest BCUT2D eigenvalue weighted by molar-refractivity contribution is 6.26. The zero-order valence-electron chi connectivity index (χ0n) is 25.3. The number of fused-ring (bicyclic) bond motifs is 12. The summed E-state index contributed by atoms with van der Waals surface area (Å²) in [6.45, 7) is 0. The minimum atomic E-state index is 0.798. The molecule has 0 aliphatic heterocycles. The maximum atomic E-state index is 6.16. The van der Waals surface area contributed by atoms with Crippen molar-refractivity contribution in [2.45, 2.75) is 0 Å². The van der Waals surface area contributed by atoms with Gasteiger partial charge in [-0.15, -0.1) is 0 Å². The van der Waals surface area contributed by atoms with E-state index >= 15 is 0 Å². The van der Waals surface area contributed by atoms with Gasteiger partial charge in [0, 0.05) is 45.3 Å². The zero-order chi connectivity index (χ0) is 30.9. The Hall–Kier alpha value is -6.39. The first-order valence-electron chi connectivity index (χ1n) is 15.9. The van der Waals surface area contributed by atoms with Gasteiger partial charge >= 0.3 is 0 Å². The van der Waals surface area contributed by atoms with E-state index in [1.807, 2.05) is 24.5 Å². The fourth-order valence-electron chi connectivity index (χ4n) is 7.45. The Morgan fingerprint density at radius 3 is 1.79 bits per heavy atom. The standard InChI is InChI=1S/C43H27N3O/c1-2-11-28(12-3-1)45-23-24-47-42-27-38-37(26-41(42)45)31-14-5-4-13-30(31)36-25-29(20-21-32(36)35-17-10-22-44-43(35)38)46-39-18-8-6-15-33(39)34-16-7-9-19-40(34)46/h1-27H. The lowest BCUT2D eigenvalue weighted by atomic mass is 9.95. The summed E-state index contributed by atoms with van der Waals surface area (Å²) in [6.07, 6.45) is 5.63. The summed E-state index contributed by atoms with van der Waals surface area (Å²) in [5.74, 6) is 0. The maximum Gasteiger partial charge on any atom is 0.151 e. The highest BCUT2D eigenvalue weighted by Gasteiger charge is 2.15. The molecule has 220 valence electrons. The molecule has 0 aliphatic rings. The van der Waals surface area contributed by atoms with Crippen LogP contribution in [0.4, 0.5) is 0 Å². The van der Waals surface area contributed by atoms with Crippen molar-refractivity contribution in [3.8, 4) is 11.4 Å². The first kappa shape index (κ1) is 25.9. The molecule has 10 rings (SSSR count). The number of rotatable bonds is 2. The molecule has 3 aromatic heterocycles. The normalized spacial score (nSPS) is 11.8. The van der Waals surface area contributed by atoms with E-state index in [9.17, 15) is 0 Å². The van der Waals surface area contributed by atoms with Crippen LogP contribution in [-0.2, 0) is 0 Å². The SMILES string of the molecule is c1ccc(-n2ccoc3cc4c(cc32)c2ccccc2c2cc(-n3c5ccccc5c5ccccc53)ccc2c2cccnc24)cc1. The van der Waals surface area contributed by atoms with Crippen LogP contribution in [-0.4, -0.2) is 14.1 Å². The smallest absolute Gasteiger partial charge is 0.151 e. The van der Waals surface area contributed by atoms with Gasteiger partial charge in [0.15, 0.2) is 5.58 Å². The summed E-state index contributed by atoms with van der Waals surface area (Å²) in [4.78, 5) is 5.02. The van der Waals surface area contributed by atoms with Crippen LogP contribution in [0.5, 0.6) is 0 Å². The predicted molar refractivity (Wildman–Crippen MR) is 195 cm³/mol. The Kier molecular flexibility index (Phi) is 5.54. The Morgan fingerprint density at radius 1 is 0.426 bits per heavy atom. The number of hydrogen-bond acceptors (Lipinski definition) is 2. The molecule has 0 spiro atoms. The fourth-order valence-corrected chi connectivity index (χ4v) is 7.45. The third kappa shape index (κ3) is 3.85. The molecule has 0 amide bonds. The Labute approximate surface area is 269 Å². The quantitative estimate of drug-likeness (QED) is 0.198. The third-order valence-corrected chi connectivity index (χ3v) is 9.50. The summed E-state index contributed by atoms with van der Waals surface area (Å²) in [5.41, 5.74) is 7.32. The molecular formula is C43H27N3O. The molecular weight excluding hydrogens is 574 g/mol. The van der Waals surface area contributed by atoms with Crippen molar-refractivity contribution in [2.24, 2.45) is 0 Å². The zero-order valence-corrected chi connectivity index (χ0v) is 25.3. The van der Waals surface area contributed by atoms with Crippen LogP contribution in [0.25, 0.3) is 87.5 Å². The van der Waals surface area contributed by atoms with Crippen molar-refractivity contribution in [1.29, 1.82) is 0 Å². The molecule has 0 bridgehead atoms. The summed E-state index contributed by atoms with van der Waals surface area (Å²) in [7, 11) is 0. The van der Waals surface area contributed by atoms with Crippen LogP contribution >= 0.6 is 0 Å². The number of hydrogen-bond donors (Lipinski definition) is 0. The minimum absolute atomic E-state index is 0.798. The van der Waals surface area contributed by atoms with E-state index in [1.165, 1.54) is 32.6 Å². The predicted octanol–water partition coefficient (Wildman–Crippen LogP) is 11.5. The van der Waals surface area contributed by atoms with Crippen LogP contribution in [0.1, 0.15) is 0 Å². The topological polar surface area (TPSA) is 35.9 Å². The highest BCUT2D eigenvalue weighted by Crippen LogP contribution is 2.39. The van der Waals surface area contributed by atoms with E-state index in [2.05, 4.69) is 143 Å². The maximum absolute atomic E-state index is 6.16. The summed E-state index contributed by atoms with van der Waals surface area (Å²) in [6, 6.07) is 52.0. The third-order valence-electron chi connectivity index (χ3n) is 9.50. The Balaban J connectivity index is 1.39. The molecule has 0 radical (unpaired) electrons. The van der Waals surface area contributed by atoms with Gasteiger partial charge in [-0.3, -0.25) is 4.98 Å². The van der Waals surface area contributed by atoms with E-state index in [0.29, 0.717) is 0 Å². The van der Waals surface area contributed by atoms with Crippen LogP contribution < -0.4 is 0 Å². The van der Waals surface area contributed by atoms with E-state index in [-0.39, 0.29) is 0 Å². The van der Waals surface area contributed by atoms with Gasteiger partial charge in [0.2, 0.25) is 0 Å². The van der Waals surface area contributed by atoms with Gasteiger partial charge in [0.05, 0.1) is 22.1 Å². The van der Waals surface area contributed by atoms with Gasteiger partial charge in [-0.25, -0.2) is 0 Å². The lowest BCUT2D eigenvalue weighted by molar-refractivity contribution is 0.593. The van der Waals surface area contributed by atoms with Crippen LogP contribution in [0.15, 0.2) is 169 Å². The average Bonchev–Trinajstić information content (AvgIpc) is 3.48. The summed E-state index contributed by atoms with van der Waals surface area (Å²) < 4.78 is 10.7. The van der Waals surface area contributed by atoms with Gasteiger partial charge < -0.3 is 13.6 Å². The van der Waals surface area contributed by atoms with E-state index in [4.69, 9.17) is 9.40 Å². The van der Waals surface area contributed by atoms with Gasteiger partial charge in [-0.05, 0) is 81.5 Å². The molecule has 0 saturated heterocycles. The number of nitrogens with zero attached hydrogens (tertiary/aromatic N) is 3. The highest BCUT2D eigenvalue weighted by atomic mass is 16.3. The van der Waals surface area contributed by atoms with Gasteiger partial charge in [-0.1, -0.05) is 91.0 Å². The monoisotopic (exact) mass is 601 g/mol. The second-order valence-electron chi connectivity index (χ2n) is 12.0.